The number of benzene rings is 2. The third-order valence-electron chi connectivity index (χ3n) is 3.65. The molecule has 0 spiro atoms. The number of hydrogen-bond donors (Lipinski definition) is 2. The average molecular weight is 400 g/mol. The predicted molar refractivity (Wildman–Crippen MR) is 90.9 cm³/mol. The van der Waals surface area contributed by atoms with E-state index in [9.17, 15) is 26.4 Å². The second-order valence-electron chi connectivity index (χ2n) is 5.95. The molecule has 3 rings (SSSR count). The second-order valence-corrected chi connectivity index (χ2v) is 7.66. The van der Waals surface area contributed by atoms with Crippen LogP contribution in [0.15, 0.2) is 53.4 Å². The van der Waals surface area contributed by atoms with Gasteiger partial charge in [-0.15, -0.1) is 13.2 Å². The van der Waals surface area contributed by atoms with E-state index in [2.05, 4.69) is 14.8 Å². The zero-order chi connectivity index (χ0) is 19.7. The number of anilines is 1. The van der Waals surface area contributed by atoms with Crippen LogP contribution < -0.4 is 14.8 Å². The molecule has 10 heteroatoms. The van der Waals surface area contributed by atoms with Crippen molar-refractivity contribution in [1.29, 1.82) is 0 Å². The van der Waals surface area contributed by atoms with Crippen molar-refractivity contribution in [3.8, 4) is 5.75 Å². The lowest BCUT2D eigenvalue weighted by molar-refractivity contribution is -0.274. The SMILES string of the molecule is O=C(Nc1cccc(S(=O)(=O)NC2CC2)c1)c1ccc(OC(F)(F)F)cc1. The van der Waals surface area contributed by atoms with Gasteiger partial charge in [0.05, 0.1) is 4.90 Å². The molecule has 0 saturated heterocycles. The molecule has 2 aromatic rings. The molecule has 6 nitrogen and oxygen atoms in total. The zero-order valence-electron chi connectivity index (χ0n) is 13.8. The fourth-order valence-electron chi connectivity index (χ4n) is 2.24. The fraction of sp³-hybridized carbons (Fsp3) is 0.235. The van der Waals surface area contributed by atoms with Crippen LogP contribution in [0, 0.1) is 0 Å². The van der Waals surface area contributed by atoms with Gasteiger partial charge in [-0.3, -0.25) is 4.79 Å². The van der Waals surface area contributed by atoms with Gasteiger partial charge in [0.1, 0.15) is 5.75 Å². The monoisotopic (exact) mass is 400 g/mol. The summed E-state index contributed by atoms with van der Waals surface area (Å²) in [7, 11) is -3.67. The van der Waals surface area contributed by atoms with Gasteiger partial charge in [0.25, 0.3) is 5.91 Å². The van der Waals surface area contributed by atoms with E-state index in [1.807, 2.05) is 0 Å². The third-order valence-corrected chi connectivity index (χ3v) is 5.17. The first-order valence-electron chi connectivity index (χ1n) is 7.92. The van der Waals surface area contributed by atoms with Gasteiger partial charge in [-0.2, -0.15) is 0 Å². The van der Waals surface area contributed by atoms with Crippen molar-refractivity contribution in [2.45, 2.75) is 30.1 Å². The molecule has 0 unspecified atom stereocenters. The summed E-state index contributed by atoms with van der Waals surface area (Å²) in [5.41, 5.74) is 0.336. The van der Waals surface area contributed by atoms with Crippen LogP contribution in [0.25, 0.3) is 0 Å². The topological polar surface area (TPSA) is 84.5 Å². The van der Waals surface area contributed by atoms with Gasteiger partial charge in [-0.05, 0) is 55.3 Å². The number of halogens is 3. The van der Waals surface area contributed by atoms with Crippen LogP contribution in [-0.2, 0) is 10.0 Å². The van der Waals surface area contributed by atoms with Gasteiger partial charge in [0, 0.05) is 17.3 Å². The first-order chi connectivity index (χ1) is 12.6. The fourth-order valence-corrected chi connectivity index (χ4v) is 3.59. The summed E-state index contributed by atoms with van der Waals surface area (Å²) in [5, 5.41) is 2.51. The molecule has 2 N–H and O–H groups in total. The van der Waals surface area contributed by atoms with Crippen LogP contribution in [0.3, 0.4) is 0 Å². The number of ether oxygens (including phenoxy) is 1. The first-order valence-corrected chi connectivity index (χ1v) is 9.40. The Labute approximate surface area is 153 Å². The summed E-state index contributed by atoms with van der Waals surface area (Å²) in [6, 6.07) is 10.0. The van der Waals surface area contributed by atoms with Gasteiger partial charge in [-0.1, -0.05) is 6.07 Å². The molecule has 1 aliphatic rings. The van der Waals surface area contributed by atoms with Gasteiger partial charge in [-0.25, -0.2) is 13.1 Å². The molecular formula is C17H15F3N2O4S. The number of alkyl halides is 3. The van der Waals surface area contributed by atoms with Gasteiger partial charge >= 0.3 is 6.36 Å². The van der Waals surface area contributed by atoms with Crippen LogP contribution in [-0.4, -0.2) is 26.7 Å². The number of carbonyl (C=O) groups is 1. The van der Waals surface area contributed by atoms with E-state index in [1.54, 1.807) is 0 Å². The number of sulfonamides is 1. The maximum Gasteiger partial charge on any atom is 0.573 e. The summed E-state index contributed by atoms with van der Waals surface area (Å²) in [5.74, 6) is -1.04. The molecule has 0 bridgehead atoms. The standard InChI is InChI=1S/C17H15F3N2O4S/c18-17(19,20)26-14-8-4-11(5-9-14)16(23)21-13-2-1-3-15(10-13)27(24,25)22-12-6-7-12/h1-5,8-10,12,22H,6-7H2,(H,21,23). The van der Waals surface area contributed by atoms with Crippen molar-refractivity contribution in [2.24, 2.45) is 0 Å². The van der Waals surface area contributed by atoms with Crippen LogP contribution in [0.1, 0.15) is 23.2 Å². The molecule has 0 radical (unpaired) electrons. The highest BCUT2D eigenvalue weighted by atomic mass is 32.2. The zero-order valence-corrected chi connectivity index (χ0v) is 14.6. The molecule has 1 fully saturated rings. The Morgan fingerprint density at radius 3 is 2.33 bits per heavy atom. The predicted octanol–water partition coefficient (Wildman–Crippen LogP) is 3.28. The van der Waals surface area contributed by atoms with Gasteiger partial charge in [0.2, 0.25) is 10.0 Å². The lowest BCUT2D eigenvalue weighted by Gasteiger charge is -2.10. The number of rotatable bonds is 6. The summed E-state index contributed by atoms with van der Waals surface area (Å²) in [4.78, 5) is 12.2. The smallest absolute Gasteiger partial charge is 0.406 e. The molecular weight excluding hydrogens is 385 g/mol. The van der Waals surface area contributed by atoms with Crippen molar-refractivity contribution in [2.75, 3.05) is 5.32 Å². The maximum atomic E-state index is 12.2. The molecule has 27 heavy (non-hydrogen) atoms. The quantitative estimate of drug-likeness (QED) is 0.780. The van der Waals surface area contributed by atoms with Crippen molar-refractivity contribution in [1.82, 2.24) is 4.72 Å². The number of amides is 1. The summed E-state index contributed by atoms with van der Waals surface area (Å²) in [6.45, 7) is 0. The second kappa shape index (κ2) is 7.20. The van der Waals surface area contributed by atoms with E-state index >= 15 is 0 Å². The number of carbonyl (C=O) groups excluding carboxylic acids is 1. The molecule has 1 saturated carbocycles. The van der Waals surface area contributed by atoms with E-state index in [4.69, 9.17) is 0 Å². The third kappa shape index (κ3) is 5.44. The first kappa shape index (κ1) is 19.2. The van der Waals surface area contributed by atoms with Crippen molar-refractivity contribution in [3.63, 3.8) is 0 Å². The Hall–Kier alpha value is -2.59. The Kier molecular flexibility index (Phi) is 5.11. The summed E-state index contributed by atoms with van der Waals surface area (Å²) < 4.78 is 67.1. The molecule has 144 valence electrons. The molecule has 2 aromatic carbocycles. The largest absolute Gasteiger partial charge is 0.573 e. The lowest BCUT2D eigenvalue weighted by atomic mass is 10.2. The molecule has 1 amide bonds. The molecule has 1 aliphatic carbocycles. The summed E-state index contributed by atoms with van der Waals surface area (Å²) >= 11 is 0. The molecule has 0 heterocycles. The average Bonchev–Trinajstić information content (AvgIpc) is 3.37. The van der Waals surface area contributed by atoms with Crippen molar-refractivity contribution >= 4 is 21.6 Å². The minimum atomic E-state index is -4.82. The Balaban J connectivity index is 1.69. The highest BCUT2D eigenvalue weighted by Gasteiger charge is 2.31. The van der Waals surface area contributed by atoms with E-state index in [1.165, 1.54) is 36.4 Å². The summed E-state index contributed by atoms with van der Waals surface area (Å²) in [6.07, 6.45) is -3.22. The van der Waals surface area contributed by atoms with E-state index in [-0.39, 0.29) is 22.2 Å². The van der Waals surface area contributed by atoms with E-state index < -0.39 is 28.0 Å². The lowest BCUT2D eigenvalue weighted by Crippen LogP contribution is -2.25. The number of hydrogen-bond acceptors (Lipinski definition) is 4. The van der Waals surface area contributed by atoms with E-state index in [0.717, 1.165) is 25.0 Å². The number of nitrogens with one attached hydrogen (secondary N) is 2. The van der Waals surface area contributed by atoms with Crippen LogP contribution >= 0.6 is 0 Å². The Morgan fingerprint density at radius 1 is 1.07 bits per heavy atom. The highest BCUT2D eigenvalue weighted by molar-refractivity contribution is 7.89. The molecule has 0 aliphatic heterocycles. The molecule has 0 aromatic heterocycles. The van der Waals surface area contributed by atoms with Crippen LogP contribution in [0.2, 0.25) is 0 Å². The van der Waals surface area contributed by atoms with Crippen molar-refractivity contribution < 1.29 is 31.1 Å². The normalized spacial score (nSPS) is 14.6. The van der Waals surface area contributed by atoms with Gasteiger partial charge < -0.3 is 10.1 Å². The Morgan fingerprint density at radius 2 is 1.74 bits per heavy atom. The minimum Gasteiger partial charge on any atom is -0.406 e. The van der Waals surface area contributed by atoms with Crippen molar-refractivity contribution in [3.05, 3.63) is 54.1 Å². The Bertz CT molecular complexity index is 939. The minimum absolute atomic E-state index is 0.0149. The molecule has 0 atom stereocenters. The van der Waals surface area contributed by atoms with Gasteiger partial charge in [0.15, 0.2) is 0 Å². The van der Waals surface area contributed by atoms with Crippen LogP contribution in [0.5, 0.6) is 5.75 Å². The van der Waals surface area contributed by atoms with E-state index in [0.29, 0.717) is 0 Å². The highest BCUT2D eigenvalue weighted by Crippen LogP contribution is 2.24. The maximum absolute atomic E-state index is 12.2. The van der Waals surface area contributed by atoms with Crippen LogP contribution in [0.4, 0.5) is 18.9 Å².